The molecule has 190 valence electrons. The lowest BCUT2D eigenvalue weighted by Crippen LogP contribution is -2.50. The number of nitrogens with zero attached hydrogens (tertiary/aromatic N) is 1. The third-order valence-corrected chi connectivity index (χ3v) is 6.96. The van der Waals surface area contributed by atoms with E-state index in [-0.39, 0.29) is 36.8 Å². The fourth-order valence-corrected chi connectivity index (χ4v) is 4.71. The molecule has 0 aromatic rings. The van der Waals surface area contributed by atoms with Crippen molar-refractivity contribution in [3.05, 3.63) is 40.9 Å². The van der Waals surface area contributed by atoms with Crippen molar-refractivity contribution in [2.45, 2.75) is 96.0 Å². The van der Waals surface area contributed by atoms with Gasteiger partial charge in [-0.2, -0.15) is 4.91 Å². The summed E-state index contributed by atoms with van der Waals surface area (Å²) in [5.74, 6) is 0.567. The Balaban J connectivity index is 1.51. The van der Waals surface area contributed by atoms with Crippen molar-refractivity contribution < 1.29 is 24.1 Å². The molecule has 0 unspecified atom stereocenters. The maximum Gasteiger partial charge on any atom is 0.243 e. The summed E-state index contributed by atoms with van der Waals surface area (Å²) in [7, 11) is 0. The number of aliphatic hydroxyl groups is 1. The summed E-state index contributed by atoms with van der Waals surface area (Å²) in [5.41, 5.74) is 0.438. The maximum absolute atomic E-state index is 12.2. The van der Waals surface area contributed by atoms with Crippen molar-refractivity contribution in [2.75, 3.05) is 13.2 Å². The van der Waals surface area contributed by atoms with Crippen molar-refractivity contribution in [3.8, 4) is 0 Å². The monoisotopic (exact) mass is 476 g/mol. The highest BCUT2D eigenvalue weighted by atomic mass is 16.6. The second-order valence-electron chi connectivity index (χ2n) is 10.4. The molecule has 0 aromatic carbocycles. The summed E-state index contributed by atoms with van der Waals surface area (Å²) in [6.45, 7) is 10.8. The molecule has 0 aliphatic carbocycles. The third kappa shape index (κ3) is 7.07. The molecule has 0 aromatic heterocycles. The number of aliphatic hydroxyl groups excluding tert-OH is 1. The smallest absolute Gasteiger partial charge is 0.243 e. The maximum atomic E-state index is 12.2. The van der Waals surface area contributed by atoms with Gasteiger partial charge in [0.1, 0.15) is 24.4 Å². The van der Waals surface area contributed by atoms with E-state index in [1.54, 1.807) is 6.08 Å². The number of ether oxygens (including phenoxy) is 3. The van der Waals surface area contributed by atoms with Gasteiger partial charge in [0.15, 0.2) is 0 Å². The Morgan fingerprint density at radius 3 is 2.65 bits per heavy atom. The zero-order valence-corrected chi connectivity index (χ0v) is 21.0. The van der Waals surface area contributed by atoms with Crippen LogP contribution in [0.5, 0.6) is 0 Å². The highest BCUT2D eigenvalue weighted by molar-refractivity contribution is 5.87. The van der Waals surface area contributed by atoms with Crippen molar-refractivity contribution in [1.29, 1.82) is 0 Å². The standard InChI is InChI=1S/C26H40N2O6/c1-16(2)6-11-24(29)28-21-12-18(4)22(33-19(21)5)9-7-17(3)8-10-23-25(30)26(15-32-26)13-20(34-23)14-27-31/h6-8,10-11,16,18-23,25,30H,9,12-15H2,1-5H3,(H,28,29)/b10-8+,11-6-,17-7+/t18-,19+,20-,21+,22-,23+,25+,26+/m0/s1. The summed E-state index contributed by atoms with van der Waals surface area (Å²) in [6, 6.07) is -0.00348. The lowest BCUT2D eigenvalue weighted by Gasteiger charge is -2.39. The second kappa shape index (κ2) is 11.7. The van der Waals surface area contributed by atoms with E-state index in [4.69, 9.17) is 14.2 Å². The number of carbonyl (C=O) groups excluding carboxylic acids is 1. The van der Waals surface area contributed by atoms with Crippen LogP contribution >= 0.6 is 0 Å². The van der Waals surface area contributed by atoms with Crippen molar-refractivity contribution in [1.82, 2.24) is 5.32 Å². The van der Waals surface area contributed by atoms with E-state index in [1.807, 2.05) is 45.9 Å². The summed E-state index contributed by atoms with van der Waals surface area (Å²) in [6.07, 6.45) is 9.88. The van der Waals surface area contributed by atoms with Crippen molar-refractivity contribution in [2.24, 2.45) is 17.0 Å². The van der Waals surface area contributed by atoms with E-state index in [0.29, 0.717) is 24.9 Å². The number of rotatable bonds is 9. The number of nitrogens with one attached hydrogen (secondary N) is 1. The Morgan fingerprint density at radius 1 is 1.26 bits per heavy atom. The number of nitroso groups, excluding NO2 is 1. The van der Waals surface area contributed by atoms with Crippen LogP contribution in [-0.4, -0.2) is 66.3 Å². The summed E-state index contributed by atoms with van der Waals surface area (Å²) in [5, 5.41) is 16.6. The van der Waals surface area contributed by atoms with Crippen LogP contribution in [-0.2, 0) is 19.0 Å². The first-order valence-corrected chi connectivity index (χ1v) is 12.4. The summed E-state index contributed by atoms with van der Waals surface area (Å²) >= 11 is 0. The van der Waals surface area contributed by atoms with E-state index >= 15 is 0 Å². The number of amides is 1. The summed E-state index contributed by atoms with van der Waals surface area (Å²) < 4.78 is 17.6. The van der Waals surface area contributed by atoms with Gasteiger partial charge in [-0.1, -0.05) is 55.8 Å². The van der Waals surface area contributed by atoms with Gasteiger partial charge >= 0.3 is 0 Å². The molecule has 8 nitrogen and oxygen atoms in total. The van der Waals surface area contributed by atoms with Crippen LogP contribution in [0.15, 0.2) is 41.1 Å². The van der Waals surface area contributed by atoms with Gasteiger partial charge < -0.3 is 24.6 Å². The molecule has 3 rings (SSSR count). The van der Waals surface area contributed by atoms with Crippen LogP contribution in [0, 0.1) is 16.7 Å². The van der Waals surface area contributed by atoms with E-state index in [0.717, 1.165) is 18.4 Å². The first-order chi connectivity index (χ1) is 16.1. The minimum absolute atomic E-state index is 0.00348. The molecule has 8 atom stereocenters. The SMILES string of the molecule is CC(/C=C/[C@H]1O[C@H](CN=O)C[C@@]2(CO2)[C@@H]1O)=C\C[C@@H]1O[C@H](C)[C@H](NC(=O)/C=C\C(C)C)C[C@@H]1C. The quantitative estimate of drug-likeness (QED) is 0.228. The Kier molecular flexibility index (Phi) is 9.20. The fourth-order valence-electron chi connectivity index (χ4n) is 4.71. The molecule has 1 amide bonds. The first-order valence-electron chi connectivity index (χ1n) is 12.4. The van der Waals surface area contributed by atoms with Crippen LogP contribution in [0.3, 0.4) is 0 Å². The fraction of sp³-hybridized carbons (Fsp3) is 0.731. The average Bonchev–Trinajstić information content (AvgIpc) is 3.55. The van der Waals surface area contributed by atoms with Crippen LogP contribution in [0.25, 0.3) is 0 Å². The predicted octanol–water partition coefficient (Wildman–Crippen LogP) is 3.44. The molecule has 1 spiro atoms. The molecule has 3 fully saturated rings. The topological polar surface area (TPSA) is 110 Å². The van der Waals surface area contributed by atoms with Crippen molar-refractivity contribution >= 4 is 5.91 Å². The largest absolute Gasteiger partial charge is 0.387 e. The molecule has 34 heavy (non-hydrogen) atoms. The Hall–Kier alpha value is -1.87. The van der Waals surface area contributed by atoms with Gasteiger partial charge in [-0.25, -0.2) is 0 Å². The lowest BCUT2D eigenvalue weighted by atomic mass is 9.87. The van der Waals surface area contributed by atoms with Gasteiger partial charge in [-0.3, -0.25) is 4.79 Å². The van der Waals surface area contributed by atoms with E-state index < -0.39 is 17.8 Å². The number of carbonyl (C=O) groups is 1. The Bertz CT molecular complexity index is 803. The molecule has 0 bridgehead atoms. The molecule has 3 heterocycles. The molecule has 0 radical (unpaired) electrons. The zero-order chi connectivity index (χ0) is 24.9. The highest BCUT2D eigenvalue weighted by Gasteiger charge is 2.58. The summed E-state index contributed by atoms with van der Waals surface area (Å²) in [4.78, 5) is 22.8. The zero-order valence-electron chi connectivity index (χ0n) is 21.0. The van der Waals surface area contributed by atoms with Crippen LogP contribution < -0.4 is 5.32 Å². The average molecular weight is 477 g/mol. The first kappa shape index (κ1) is 26.7. The third-order valence-electron chi connectivity index (χ3n) is 6.96. The lowest BCUT2D eigenvalue weighted by molar-refractivity contribution is -0.129. The molecular formula is C26H40N2O6. The molecule has 3 aliphatic rings. The van der Waals surface area contributed by atoms with E-state index in [9.17, 15) is 14.8 Å². The van der Waals surface area contributed by atoms with Crippen LogP contribution in [0.1, 0.15) is 53.9 Å². The van der Waals surface area contributed by atoms with Crippen molar-refractivity contribution in [3.63, 3.8) is 0 Å². The number of hydrogen-bond donors (Lipinski definition) is 2. The van der Waals surface area contributed by atoms with Crippen LogP contribution in [0.4, 0.5) is 0 Å². The van der Waals surface area contributed by atoms with E-state index in [2.05, 4.69) is 23.5 Å². The molecule has 8 heteroatoms. The number of epoxide rings is 1. The van der Waals surface area contributed by atoms with E-state index in [1.165, 1.54) is 0 Å². The predicted molar refractivity (Wildman–Crippen MR) is 130 cm³/mol. The van der Waals surface area contributed by atoms with Crippen LogP contribution in [0.2, 0.25) is 0 Å². The van der Waals surface area contributed by atoms with Gasteiger partial charge in [0.2, 0.25) is 5.91 Å². The molecule has 2 N–H and O–H groups in total. The minimum Gasteiger partial charge on any atom is -0.387 e. The van der Waals surface area contributed by atoms with Gasteiger partial charge in [0.05, 0.1) is 31.0 Å². The Morgan fingerprint density at radius 2 is 2.00 bits per heavy atom. The van der Waals surface area contributed by atoms with Gasteiger partial charge in [0, 0.05) is 6.42 Å². The Labute approximate surface area is 202 Å². The molecule has 3 saturated heterocycles. The van der Waals surface area contributed by atoms with Gasteiger partial charge in [-0.15, -0.1) is 0 Å². The second-order valence-corrected chi connectivity index (χ2v) is 10.4. The minimum atomic E-state index is -0.760. The molecule has 3 aliphatic heterocycles. The highest BCUT2D eigenvalue weighted by Crippen LogP contribution is 2.42. The van der Waals surface area contributed by atoms with Gasteiger partial charge in [-0.05, 0) is 44.6 Å². The molecule has 0 saturated carbocycles. The number of allylic oxidation sites excluding steroid dienone is 3. The normalized spacial score (nSPS) is 38.7. The number of hydrogen-bond acceptors (Lipinski definition) is 7. The van der Waals surface area contributed by atoms with Gasteiger partial charge in [0.25, 0.3) is 0 Å². The molecular weight excluding hydrogens is 436 g/mol.